The van der Waals surface area contributed by atoms with E-state index in [2.05, 4.69) is 37.3 Å². The minimum absolute atomic E-state index is 0.0336. The highest BCUT2D eigenvalue weighted by atomic mass is 16.6. The third kappa shape index (κ3) is 5.47. The molecule has 1 aliphatic heterocycles. The Morgan fingerprint density at radius 1 is 1.07 bits per heavy atom. The van der Waals surface area contributed by atoms with Crippen LogP contribution in [0.3, 0.4) is 0 Å². The number of hydrogen-bond acceptors (Lipinski definition) is 6. The summed E-state index contributed by atoms with van der Waals surface area (Å²) in [4.78, 5) is 29.7. The maximum atomic E-state index is 12.7. The molecule has 3 saturated carbocycles. The number of hydrogen-bond donors (Lipinski definition) is 3. The van der Waals surface area contributed by atoms with Crippen molar-refractivity contribution in [2.24, 2.45) is 39.7 Å². The number of carbonyl (C=O) groups excluding carboxylic acids is 1. The number of carbonyl (C=O) groups is 2. The Morgan fingerprint density at radius 2 is 1.82 bits per heavy atom. The third-order valence-corrected chi connectivity index (χ3v) is 12.0. The van der Waals surface area contributed by atoms with Crippen LogP contribution in [0, 0.1) is 34.5 Å². The van der Waals surface area contributed by atoms with Gasteiger partial charge in [0.15, 0.2) is 6.61 Å². The highest BCUT2D eigenvalue weighted by Gasteiger charge is 2.62. The first-order valence-electron chi connectivity index (χ1n) is 15.5. The average molecular weight is 559 g/mol. The molecule has 0 unspecified atom stereocenters. The number of ether oxygens (including phenoxy) is 1. The summed E-state index contributed by atoms with van der Waals surface area (Å²) in [5.74, 6) is 0.699. The second kappa shape index (κ2) is 10.7. The van der Waals surface area contributed by atoms with Crippen LogP contribution >= 0.6 is 0 Å². The predicted molar refractivity (Wildman–Crippen MR) is 153 cm³/mol. The van der Waals surface area contributed by atoms with Crippen molar-refractivity contribution in [2.45, 2.75) is 122 Å². The first kappa shape index (κ1) is 29.6. The van der Waals surface area contributed by atoms with E-state index in [0.717, 1.165) is 50.7 Å². The Bertz CT molecular complexity index is 1070. The zero-order chi connectivity index (χ0) is 28.9. The Balaban J connectivity index is 1.19. The highest BCUT2D eigenvalue weighted by Crippen LogP contribution is 2.67. The monoisotopic (exact) mass is 558 g/mol. The predicted octanol–water partition coefficient (Wildman–Crippen LogP) is 5.24. The molecule has 40 heavy (non-hydrogen) atoms. The number of oxime groups is 1. The van der Waals surface area contributed by atoms with Crippen LogP contribution in [0.1, 0.15) is 105 Å². The summed E-state index contributed by atoms with van der Waals surface area (Å²) >= 11 is 0. The lowest BCUT2D eigenvalue weighted by Crippen LogP contribution is -2.53. The number of nitrogens with one attached hydrogen (secondary N) is 1. The summed E-state index contributed by atoms with van der Waals surface area (Å²) in [6.45, 7) is 11.2. The van der Waals surface area contributed by atoms with Gasteiger partial charge in [0.25, 0.3) is 5.91 Å². The second-order valence-corrected chi connectivity index (χ2v) is 14.8. The van der Waals surface area contributed by atoms with E-state index in [1.165, 1.54) is 18.4 Å². The number of carboxylic acid groups (broad SMARTS) is 1. The van der Waals surface area contributed by atoms with Crippen molar-refractivity contribution in [3.05, 3.63) is 11.6 Å². The number of carboxylic acids is 1. The van der Waals surface area contributed by atoms with Crippen molar-refractivity contribution in [2.75, 3.05) is 13.2 Å². The number of aliphatic carboxylic acids is 1. The van der Waals surface area contributed by atoms with Crippen molar-refractivity contribution in [1.29, 1.82) is 0 Å². The minimum atomic E-state index is -0.928. The van der Waals surface area contributed by atoms with Gasteiger partial charge < -0.3 is 25.1 Å². The average Bonchev–Trinajstić information content (AvgIpc) is 3.11. The quantitative estimate of drug-likeness (QED) is 0.368. The van der Waals surface area contributed by atoms with E-state index in [9.17, 15) is 19.8 Å². The largest absolute Gasteiger partial charge is 0.481 e. The molecular weight excluding hydrogens is 508 g/mol. The van der Waals surface area contributed by atoms with Crippen LogP contribution in [-0.4, -0.2) is 58.3 Å². The molecule has 3 N–H and O–H groups in total. The molecule has 8 heteroatoms. The number of aliphatic hydroxyl groups is 1. The summed E-state index contributed by atoms with van der Waals surface area (Å²) in [7, 11) is 0. The van der Waals surface area contributed by atoms with Crippen LogP contribution in [0.5, 0.6) is 0 Å². The van der Waals surface area contributed by atoms with E-state index in [1.54, 1.807) is 0 Å². The standard InChI is InChI=1S/C32H50N2O6/c1-29(2)18-20(11-15-39-29)26(17-28(36)37)33-27(35)19-40-34-22-8-12-30(3)21(16-22)6-7-23-24(30)9-13-31(4)25(23)10-14-32(31,5)38/h16,20,23-26,38H,6-15,17-19H2,1-5H3,(H,33,35)(H,36,37)/b34-22+/t20-,23-,24+,25-,26-,30+,31+,32+/m1/s1. The van der Waals surface area contributed by atoms with E-state index in [-0.39, 0.29) is 41.3 Å². The number of fused-ring (bicyclic) bond motifs is 5. The summed E-state index contributed by atoms with van der Waals surface area (Å²) in [6, 6.07) is -0.460. The normalized spacial score (nSPS) is 42.1. The van der Waals surface area contributed by atoms with E-state index < -0.39 is 17.6 Å². The van der Waals surface area contributed by atoms with Gasteiger partial charge in [-0.2, -0.15) is 0 Å². The summed E-state index contributed by atoms with van der Waals surface area (Å²) < 4.78 is 5.77. The van der Waals surface area contributed by atoms with Gasteiger partial charge in [-0.3, -0.25) is 9.59 Å². The van der Waals surface area contributed by atoms with Crippen LogP contribution in [0.15, 0.2) is 16.8 Å². The molecule has 1 saturated heterocycles. The minimum Gasteiger partial charge on any atom is -0.481 e. The van der Waals surface area contributed by atoms with Gasteiger partial charge in [0.05, 0.1) is 23.3 Å². The molecule has 0 aromatic heterocycles. The molecule has 5 aliphatic rings. The van der Waals surface area contributed by atoms with Gasteiger partial charge in [-0.25, -0.2) is 0 Å². The Morgan fingerprint density at radius 3 is 2.55 bits per heavy atom. The molecule has 0 aromatic rings. The van der Waals surface area contributed by atoms with Crippen molar-refractivity contribution >= 4 is 17.6 Å². The number of allylic oxidation sites excluding steroid dienone is 2. The summed E-state index contributed by atoms with van der Waals surface area (Å²) in [5, 5.41) is 27.8. The van der Waals surface area contributed by atoms with Crippen molar-refractivity contribution in [3.63, 3.8) is 0 Å². The van der Waals surface area contributed by atoms with Gasteiger partial charge in [0.2, 0.25) is 0 Å². The lowest BCUT2D eigenvalue weighted by molar-refractivity contribution is -0.139. The van der Waals surface area contributed by atoms with Crippen LogP contribution in [0.25, 0.3) is 0 Å². The van der Waals surface area contributed by atoms with Crippen molar-refractivity contribution in [3.8, 4) is 0 Å². The fourth-order valence-corrected chi connectivity index (χ4v) is 9.45. The number of rotatable bonds is 7. The topological polar surface area (TPSA) is 117 Å². The molecule has 0 bridgehead atoms. The van der Waals surface area contributed by atoms with Gasteiger partial charge in [-0.1, -0.05) is 24.6 Å². The Labute approximate surface area is 239 Å². The van der Waals surface area contributed by atoms with E-state index >= 15 is 0 Å². The molecule has 1 amide bonds. The molecule has 8 nitrogen and oxygen atoms in total. The van der Waals surface area contributed by atoms with E-state index in [1.807, 2.05) is 13.8 Å². The first-order chi connectivity index (χ1) is 18.7. The van der Waals surface area contributed by atoms with Crippen LogP contribution in [0.2, 0.25) is 0 Å². The summed E-state index contributed by atoms with van der Waals surface area (Å²) in [6.07, 6.45) is 11.9. The summed E-state index contributed by atoms with van der Waals surface area (Å²) in [5.41, 5.74) is 1.66. The van der Waals surface area contributed by atoms with Gasteiger partial charge in [0, 0.05) is 12.6 Å². The SMILES string of the molecule is CC1(C)C[C@H]([C@@H](CC(=O)O)NC(=O)CO/N=C2/C=C3CC[C@H]4[C@H]5CC[C@](C)(O)[C@@]5(C)CC[C@@H]4[C@@]3(C)CC2)CCO1. The fourth-order valence-electron chi connectivity index (χ4n) is 9.45. The van der Waals surface area contributed by atoms with E-state index in [4.69, 9.17) is 9.57 Å². The maximum absolute atomic E-state index is 12.7. The molecule has 1 heterocycles. The molecule has 4 aliphatic carbocycles. The van der Waals surface area contributed by atoms with Crippen molar-refractivity contribution < 1.29 is 29.4 Å². The number of amides is 1. The lowest BCUT2D eigenvalue weighted by Gasteiger charge is -2.59. The van der Waals surface area contributed by atoms with Gasteiger partial charge in [-0.05, 0) is 126 Å². The lowest BCUT2D eigenvalue weighted by atomic mass is 9.46. The first-order valence-corrected chi connectivity index (χ1v) is 15.5. The molecule has 5 rings (SSSR count). The van der Waals surface area contributed by atoms with Gasteiger partial charge >= 0.3 is 5.97 Å². The number of nitrogens with zero attached hydrogens (tertiary/aromatic N) is 1. The molecule has 8 atom stereocenters. The third-order valence-electron chi connectivity index (χ3n) is 12.0. The smallest absolute Gasteiger partial charge is 0.305 e. The fraction of sp³-hybridized carbons (Fsp3) is 0.844. The van der Waals surface area contributed by atoms with Gasteiger partial charge in [-0.15, -0.1) is 0 Å². The molecule has 0 radical (unpaired) electrons. The van der Waals surface area contributed by atoms with Gasteiger partial charge in [0.1, 0.15) is 0 Å². The van der Waals surface area contributed by atoms with E-state index in [0.29, 0.717) is 30.8 Å². The Kier molecular flexibility index (Phi) is 7.92. The van der Waals surface area contributed by atoms with Crippen molar-refractivity contribution in [1.82, 2.24) is 5.32 Å². The molecule has 0 aromatic carbocycles. The maximum Gasteiger partial charge on any atom is 0.305 e. The van der Waals surface area contributed by atoms with Crippen LogP contribution in [-0.2, 0) is 19.2 Å². The Hall–Kier alpha value is -1.93. The van der Waals surface area contributed by atoms with Crippen LogP contribution in [0.4, 0.5) is 0 Å². The highest BCUT2D eigenvalue weighted by molar-refractivity contribution is 5.96. The molecule has 224 valence electrons. The molecule has 4 fully saturated rings. The zero-order valence-corrected chi connectivity index (χ0v) is 25.1. The van der Waals surface area contributed by atoms with Crippen LogP contribution < -0.4 is 5.32 Å². The molecular formula is C32H50N2O6. The zero-order valence-electron chi connectivity index (χ0n) is 25.1. The second-order valence-electron chi connectivity index (χ2n) is 14.8. The molecule has 0 spiro atoms.